The molecule has 1 amide bonds. The molecular formula is C25H27NO5S2. The minimum absolute atomic E-state index is 0.178. The zero-order chi connectivity index (χ0) is 24.0. The van der Waals surface area contributed by atoms with E-state index in [1.54, 1.807) is 36.1 Å². The van der Waals surface area contributed by atoms with Gasteiger partial charge in [-0.3, -0.25) is 9.69 Å². The first-order valence-electron chi connectivity index (χ1n) is 10.8. The van der Waals surface area contributed by atoms with E-state index in [0.29, 0.717) is 27.1 Å². The van der Waals surface area contributed by atoms with Gasteiger partial charge >= 0.3 is 5.97 Å². The number of hydrogen-bond acceptors (Lipinski definition) is 6. The van der Waals surface area contributed by atoms with E-state index < -0.39 is 12.1 Å². The molecule has 0 aliphatic carbocycles. The summed E-state index contributed by atoms with van der Waals surface area (Å²) in [5.41, 5.74) is 2.71. The lowest BCUT2D eigenvalue weighted by Gasteiger charge is -2.16. The summed E-state index contributed by atoms with van der Waals surface area (Å²) in [6, 6.07) is 13.0. The molecule has 2 aromatic rings. The second kappa shape index (κ2) is 11.3. The maximum atomic E-state index is 13.1. The fourth-order valence-corrected chi connectivity index (χ4v) is 4.67. The van der Waals surface area contributed by atoms with Crippen LogP contribution in [0.25, 0.3) is 6.08 Å². The van der Waals surface area contributed by atoms with Crippen LogP contribution in [0.2, 0.25) is 0 Å². The van der Waals surface area contributed by atoms with Crippen molar-refractivity contribution in [3.63, 3.8) is 0 Å². The molecule has 1 heterocycles. The monoisotopic (exact) mass is 485 g/mol. The maximum Gasteiger partial charge on any atom is 0.344 e. The summed E-state index contributed by atoms with van der Waals surface area (Å²) in [6.07, 6.45) is 4.39. The van der Waals surface area contributed by atoms with E-state index in [2.05, 4.69) is 6.92 Å². The van der Waals surface area contributed by atoms with Crippen molar-refractivity contribution in [2.24, 2.45) is 0 Å². The van der Waals surface area contributed by atoms with E-state index in [-0.39, 0.29) is 5.91 Å². The molecule has 1 aliphatic rings. The molecule has 1 aliphatic heterocycles. The van der Waals surface area contributed by atoms with E-state index in [0.717, 1.165) is 30.5 Å². The zero-order valence-electron chi connectivity index (χ0n) is 18.9. The van der Waals surface area contributed by atoms with E-state index in [1.165, 1.54) is 24.4 Å². The average molecular weight is 486 g/mol. The number of nitrogens with zero attached hydrogens (tertiary/aromatic N) is 1. The summed E-state index contributed by atoms with van der Waals surface area (Å²) in [7, 11) is 1.48. The molecule has 33 heavy (non-hydrogen) atoms. The standard InChI is InChI=1S/C25H27NO5S2/c1-4-6-7-16-8-11-18(12-9-16)26-23(27)22(33-25(26)32)15-17-10-13-20(21(14-17)30-3)31-19(5-2)24(28)29/h8-15,19H,4-7H2,1-3H3,(H,28,29)/b22-15+. The molecule has 174 valence electrons. The Hall–Kier alpha value is -2.84. The van der Waals surface area contributed by atoms with Crippen LogP contribution in [0.15, 0.2) is 47.4 Å². The van der Waals surface area contributed by atoms with Gasteiger partial charge < -0.3 is 14.6 Å². The molecule has 0 aromatic heterocycles. The van der Waals surface area contributed by atoms with Crippen molar-refractivity contribution in [3.05, 3.63) is 58.5 Å². The average Bonchev–Trinajstić information content (AvgIpc) is 3.09. The first kappa shape index (κ1) is 24.8. The second-order valence-electron chi connectivity index (χ2n) is 7.55. The third-order valence-corrected chi connectivity index (χ3v) is 6.51. The lowest BCUT2D eigenvalue weighted by Crippen LogP contribution is -2.27. The molecule has 6 nitrogen and oxygen atoms in total. The molecule has 1 fully saturated rings. The van der Waals surface area contributed by atoms with Crippen LogP contribution in [0.5, 0.6) is 11.5 Å². The first-order chi connectivity index (χ1) is 15.9. The summed E-state index contributed by atoms with van der Waals surface area (Å²) in [5, 5.41) is 9.24. The van der Waals surface area contributed by atoms with Gasteiger partial charge in [0.15, 0.2) is 21.9 Å². The number of benzene rings is 2. The van der Waals surface area contributed by atoms with E-state index in [4.69, 9.17) is 21.7 Å². The maximum absolute atomic E-state index is 13.1. The fraction of sp³-hybridized carbons (Fsp3) is 0.320. The van der Waals surface area contributed by atoms with Crippen molar-refractivity contribution >= 4 is 51.9 Å². The minimum atomic E-state index is -1.04. The summed E-state index contributed by atoms with van der Waals surface area (Å²) in [6.45, 7) is 3.90. The van der Waals surface area contributed by atoms with Gasteiger partial charge in [-0.25, -0.2) is 4.79 Å². The number of carbonyl (C=O) groups excluding carboxylic acids is 1. The Morgan fingerprint density at radius 3 is 2.52 bits per heavy atom. The number of ether oxygens (including phenoxy) is 2. The molecular weight excluding hydrogens is 458 g/mol. The Morgan fingerprint density at radius 2 is 1.91 bits per heavy atom. The van der Waals surface area contributed by atoms with Crippen molar-refractivity contribution in [1.82, 2.24) is 0 Å². The van der Waals surface area contributed by atoms with Gasteiger partial charge in [-0.15, -0.1) is 0 Å². The summed E-state index contributed by atoms with van der Waals surface area (Å²) >= 11 is 6.72. The second-order valence-corrected chi connectivity index (χ2v) is 9.23. The van der Waals surface area contributed by atoms with Gasteiger partial charge in [0.1, 0.15) is 0 Å². The van der Waals surface area contributed by atoms with Crippen LogP contribution in [0, 0.1) is 0 Å². The number of aryl methyl sites for hydroxylation is 1. The quantitative estimate of drug-likeness (QED) is 0.342. The lowest BCUT2D eigenvalue weighted by atomic mass is 10.1. The Kier molecular flexibility index (Phi) is 8.52. The number of unbranched alkanes of at least 4 members (excludes halogenated alkanes) is 1. The van der Waals surface area contributed by atoms with Crippen LogP contribution in [0.3, 0.4) is 0 Å². The number of thioether (sulfide) groups is 1. The Labute approximate surface area is 203 Å². The topological polar surface area (TPSA) is 76.1 Å². The van der Waals surface area contributed by atoms with Gasteiger partial charge in [0.05, 0.1) is 17.7 Å². The molecule has 3 rings (SSSR count). The van der Waals surface area contributed by atoms with Gasteiger partial charge in [-0.05, 0) is 60.7 Å². The van der Waals surface area contributed by atoms with Crippen LogP contribution in [-0.2, 0) is 16.0 Å². The van der Waals surface area contributed by atoms with Crippen LogP contribution < -0.4 is 14.4 Å². The van der Waals surface area contributed by atoms with Crippen molar-refractivity contribution in [1.29, 1.82) is 0 Å². The number of thiocarbonyl (C=S) groups is 1. The van der Waals surface area contributed by atoms with Crippen molar-refractivity contribution in [2.45, 2.75) is 45.6 Å². The number of carboxylic acid groups (broad SMARTS) is 1. The van der Waals surface area contributed by atoms with Crippen LogP contribution >= 0.6 is 24.0 Å². The van der Waals surface area contributed by atoms with Gasteiger partial charge in [0.25, 0.3) is 5.91 Å². The Bertz CT molecular complexity index is 1060. The first-order valence-corrected chi connectivity index (χ1v) is 12.0. The zero-order valence-corrected chi connectivity index (χ0v) is 20.5. The van der Waals surface area contributed by atoms with Crippen molar-refractivity contribution < 1.29 is 24.2 Å². The third kappa shape index (κ3) is 5.94. The molecule has 8 heteroatoms. The van der Waals surface area contributed by atoms with Gasteiger partial charge in [0.2, 0.25) is 0 Å². The summed E-state index contributed by atoms with van der Waals surface area (Å²) in [4.78, 5) is 26.4. The van der Waals surface area contributed by atoms with Crippen LogP contribution in [-0.4, -0.2) is 34.5 Å². The summed E-state index contributed by atoms with van der Waals surface area (Å²) in [5.74, 6) is -0.491. The number of carboxylic acids is 1. The van der Waals surface area contributed by atoms with E-state index >= 15 is 0 Å². The highest BCUT2D eigenvalue weighted by Crippen LogP contribution is 2.37. The van der Waals surface area contributed by atoms with E-state index in [1.807, 2.05) is 24.3 Å². The molecule has 2 aromatic carbocycles. The number of anilines is 1. The number of hydrogen-bond donors (Lipinski definition) is 1. The molecule has 0 saturated carbocycles. The predicted molar refractivity (Wildman–Crippen MR) is 136 cm³/mol. The smallest absolute Gasteiger partial charge is 0.344 e. The molecule has 0 spiro atoms. The summed E-state index contributed by atoms with van der Waals surface area (Å²) < 4.78 is 11.4. The molecule has 1 unspecified atom stereocenters. The Balaban J connectivity index is 1.80. The van der Waals surface area contributed by atoms with Gasteiger partial charge in [-0.1, -0.05) is 62.4 Å². The normalized spacial score (nSPS) is 15.7. The molecule has 1 saturated heterocycles. The number of methoxy groups -OCH3 is 1. The lowest BCUT2D eigenvalue weighted by molar-refractivity contribution is -0.145. The molecule has 0 radical (unpaired) electrons. The highest BCUT2D eigenvalue weighted by molar-refractivity contribution is 8.27. The SMILES string of the molecule is CCCCc1ccc(N2C(=O)/C(=C\c3ccc(OC(CC)C(=O)O)c(OC)c3)SC2=S)cc1. The van der Waals surface area contributed by atoms with Crippen molar-refractivity contribution in [2.75, 3.05) is 12.0 Å². The van der Waals surface area contributed by atoms with Crippen molar-refractivity contribution in [3.8, 4) is 11.5 Å². The van der Waals surface area contributed by atoms with Crippen LogP contribution in [0.4, 0.5) is 5.69 Å². The Morgan fingerprint density at radius 1 is 1.18 bits per heavy atom. The number of aliphatic carboxylic acids is 1. The number of amides is 1. The van der Waals surface area contributed by atoms with E-state index in [9.17, 15) is 14.7 Å². The molecule has 1 atom stereocenters. The molecule has 1 N–H and O–H groups in total. The largest absolute Gasteiger partial charge is 0.493 e. The third-order valence-electron chi connectivity index (χ3n) is 5.21. The minimum Gasteiger partial charge on any atom is -0.493 e. The van der Waals surface area contributed by atoms with Crippen LogP contribution in [0.1, 0.15) is 44.2 Å². The molecule has 0 bridgehead atoms. The van der Waals surface area contributed by atoms with Gasteiger partial charge in [0, 0.05) is 0 Å². The van der Waals surface area contributed by atoms with Gasteiger partial charge in [-0.2, -0.15) is 0 Å². The highest BCUT2D eigenvalue weighted by atomic mass is 32.2. The number of carbonyl (C=O) groups is 2. The fourth-order valence-electron chi connectivity index (χ4n) is 3.37. The number of rotatable bonds is 10. The highest BCUT2D eigenvalue weighted by Gasteiger charge is 2.33. The predicted octanol–water partition coefficient (Wildman–Crippen LogP) is 5.69.